The second kappa shape index (κ2) is 22.1. The number of carbonyl (C=O) groups excluding carboxylic acids is 4. The number of fused-ring (bicyclic) bond motifs is 1. The van der Waals surface area contributed by atoms with Crippen LogP contribution in [0.25, 0.3) is 0 Å². The van der Waals surface area contributed by atoms with Crippen LogP contribution in [0.4, 0.5) is 9.59 Å². The molecule has 60 heavy (non-hydrogen) atoms. The van der Waals surface area contributed by atoms with Gasteiger partial charge < -0.3 is 31.3 Å². The summed E-state index contributed by atoms with van der Waals surface area (Å²) in [6, 6.07) is 25.1. The number of hydrogen-bond acceptors (Lipinski definition) is 10. The van der Waals surface area contributed by atoms with E-state index in [1.165, 1.54) is 18.2 Å². The van der Waals surface area contributed by atoms with Gasteiger partial charge in [0.1, 0.15) is 18.3 Å². The van der Waals surface area contributed by atoms with Crippen molar-refractivity contribution in [1.82, 2.24) is 41.6 Å². The Hall–Kier alpha value is -5.68. The van der Waals surface area contributed by atoms with Crippen molar-refractivity contribution in [3.63, 3.8) is 0 Å². The topological polar surface area (TPSA) is 203 Å². The molecule has 2 fully saturated rings. The van der Waals surface area contributed by atoms with E-state index >= 15 is 0 Å². The number of hydrogen-bond donors (Lipinski definition) is 5. The summed E-state index contributed by atoms with van der Waals surface area (Å²) in [4.78, 5) is 51.1. The number of ether oxygens (including phenoxy) is 1. The van der Waals surface area contributed by atoms with E-state index in [-0.39, 0.29) is 48.5 Å². The third kappa shape index (κ3) is 13.7. The van der Waals surface area contributed by atoms with Crippen molar-refractivity contribution in [3.8, 4) is 0 Å². The van der Waals surface area contributed by atoms with Crippen LogP contribution in [-0.2, 0) is 50.3 Å². The van der Waals surface area contributed by atoms with E-state index in [4.69, 9.17) is 4.74 Å². The van der Waals surface area contributed by atoms with Crippen molar-refractivity contribution >= 4 is 45.5 Å². The van der Waals surface area contributed by atoms with Gasteiger partial charge in [0.2, 0.25) is 11.8 Å². The van der Waals surface area contributed by atoms with Crippen molar-refractivity contribution in [1.29, 1.82) is 0 Å². The maximum absolute atomic E-state index is 13.9. The lowest BCUT2D eigenvalue weighted by Crippen LogP contribution is -2.50. The summed E-state index contributed by atoms with van der Waals surface area (Å²) in [5, 5.41) is 24.4. The van der Waals surface area contributed by atoms with Gasteiger partial charge in [0.25, 0.3) is 0 Å². The van der Waals surface area contributed by atoms with Gasteiger partial charge in [-0.15, -0.1) is 5.10 Å². The number of amides is 5. The number of aromatic nitrogens is 3. The lowest BCUT2D eigenvalue weighted by Gasteiger charge is -2.22. The maximum Gasteiger partial charge on any atom is 0.408 e. The van der Waals surface area contributed by atoms with E-state index in [1.54, 1.807) is 29.1 Å². The highest BCUT2D eigenvalue weighted by Gasteiger charge is 2.42. The largest absolute Gasteiger partial charge is 0.445 e. The Bertz CT molecular complexity index is 2160. The first-order valence-electron chi connectivity index (χ1n) is 20.3. The van der Waals surface area contributed by atoms with Gasteiger partial charge in [-0.1, -0.05) is 96.6 Å². The van der Waals surface area contributed by atoms with Crippen molar-refractivity contribution in [3.05, 3.63) is 125 Å². The molecule has 0 radical (unpaired) electrons. The minimum absolute atomic E-state index is 0.0281. The third-order valence-electron chi connectivity index (χ3n) is 10.3. The zero-order valence-corrected chi connectivity index (χ0v) is 34.9. The van der Waals surface area contributed by atoms with Gasteiger partial charge >= 0.3 is 12.1 Å². The minimum atomic E-state index is -3.80. The Kier molecular flexibility index (Phi) is 16.1. The number of rotatable bonds is 22. The van der Waals surface area contributed by atoms with Gasteiger partial charge in [-0.05, 0) is 55.4 Å². The normalized spacial score (nSPS) is 18.2. The first kappa shape index (κ1) is 43.9. The highest BCUT2D eigenvalue weighted by atomic mass is 32.2. The van der Waals surface area contributed by atoms with Crippen molar-refractivity contribution in [2.45, 2.75) is 105 Å². The fourth-order valence-electron chi connectivity index (χ4n) is 7.07. The fraction of sp³-hybridized carbons (Fsp3) is 0.395. The van der Waals surface area contributed by atoms with Gasteiger partial charge in [-0.25, -0.2) is 18.0 Å². The summed E-state index contributed by atoms with van der Waals surface area (Å²) in [5.74, 6) is 0.364. The van der Waals surface area contributed by atoms with Crippen molar-refractivity contribution in [2.24, 2.45) is 0 Å². The van der Waals surface area contributed by atoms with E-state index < -0.39 is 33.9 Å². The Morgan fingerprint density at radius 2 is 1.62 bits per heavy atom. The molecule has 0 bridgehead atoms. The number of benzene rings is 3. The summed E-state index contributed by atoms with van der Waals surface area (Å²) >= 11 is 1.87. The Morgan fingerprint density at radius 1 is 0.900 bits per heavy atom. The molecule has 318 valence electrons. The number of nitrogens with zero attached hydrogens (tertiary/aromatic N) is 3. The zero-order valence-electron chi connectivity index (χ0n) is 33.3. The molecule has 2 saturated heterocycles. The number of unbranched alkanes of at least 4 members (excludes halogenated alkanes) is 2. The number of aryl methyl sites for hydroxylation is 1. The predicted molar refractivity (Wildman–Crippen MR) is 228 cm³/mol. The van der Waals surface area contributed by atoms with E-state index in [2.05, 4.69) is 36.9 Å². The molecule has 1 aromatic heterocycles. The molecule has 0 saturated carbocycles. The molecular weight excluding hydrogens is 805 g/mol. The van der Waals surface area contributed by atoms with Crippen LogP contribution < -0.4 is 26.6 Å². The summed E-state index contributed by atoms with van der Waals surface area (Å²) in [7, 11) is -3.80. The minimum Gasteiger partial charge on any atom is -0.445 e. The Labute approximate surface area is 354 Å². The molecule has 2 aliphatic heterocycles. The van der Waals surface area contributed by atoms with E-state index in [0.717, 1.165) is 41.6 Å². The molecule has 4 aromatic rings. The summed E-state index contributed by atoms with van der Waals surface area (Å²) < 4.78 is 33.5. The Morgan fingerprint density at radius 3 is 2.37 bits per heavy atom. The average Bonchev–Trinajstić information content (AvgIpc) is 3.98. The van der Waals surface area contributed by atoms with Crippen LogP contribution in [0.5, 0.6) is 0 Å². The summed E-state index contributed by atoms with van der Waals surface area (Å²) in [6.45, 7) is 0.794. The van der Waals surface area contributed by atoms with E-state index in [0.29, 0.717) is 43.2 Å². The first-order valence-corrected chi connectivity index (χ1v) is 22.8. The average molecular weight is 857 g/mol. The van der Waals surface area contributed by atoms with Crippen LogP contribution in [0.2, 0.25) is 0 Å². The van der Waals surface area contributed by atoms with Crippen LogP contribution in [-0.4, -0.2) is 82.5 Å². The molecule has 15 nitrogen and oxygen atoms in total. The van der Waals surface area contributed by atoms with Gasteiger partial charge in [0.05, 0.1) is 29.7 Å². The smallest absolute Gasteiger partial charge is 0.408 e. The van der Waals surface area contributed by atoms with Crippen molar-refractivity contribution in [2.75, 3.05) is 5.75 Å². The first-order chi connectivity index (χ1) is 29.1. The fourth-order valence-corrected chi connectivity index (χ4v) is 9.71. The predicted octanol–water partition coefficient (Wildman–Crippen LogP) is 4.80. The molecule has 3 aromatic carbocycles. The van der Waals surface area contributed by atoms with Crippen molar-refractivity contribution < 1.29 is 32.3 Å². The van der Waals surface area contributed by atoms with E-state index in [9.17, 15) is 27.6 Å². The second-order valence-electron chi connectivity index (χ2n) is 14.9. The molecule has 3 heterocycles. The van der Waals surface area contributed by atoms with Crippen LogP contribution >= 0.6 is 11.8 Å². The molecular formula is C43H52N8O7S2. The number of alkyl carbamates (subject to hydrolysis) is 1. The molecule has 0 aliphatic carbocycles. The van der Waals surface area contributed by atoms with Gasteiger partial charge in [-0.2, -0.15) is 11.8 Å². The second-order valence-corrected chi connectivity index (χ2v) is 18.0. The van der Waals surface area contributed by atoms with Gasteiger partial charge in [0.15, 0.2) is 9.84 Å². The molecule has 5 amide bonds. The zero-order chi connectivity index (χ0) is 42.2. The van der Waals surface area contributed by atoms with Crippen LogP contribution in [0.3, 0.4) is 0 Å². The number of carbonyl (C=O) groups is 4. The molecule has 0 spiro atoms. The third-order valence-corrected chi connectivity index (χ3v) is 13.2. The lowest BCUT2D eigenvalue weighted by molar-refractivity contribution is -0.123. The molecule has 2 aliphatic rings. The van der Waals surface area contributed by atoms with Crippen LogP contribution in [0.1, 0.15) is 61.8 Å². The molecule has 6 rings (SSSR count). The number of nitrogens with one attached hydrogen (secondary N) is 5. The SMILES string of the molecule is O=C(CCCC[C@@H]1SC[C@@H]2NC(=O)N[C@@H]21)NCc1cn(CCCC[C@@H](/C=C/S(=O)(=O)c2ccccc2)NC(=O)[C@H](Cc2ccccc2)NC(=O)OCc2ccccc2)nn1. The molecule has 5 N–H and O–H groups in total. The monoisotopic (exact) mass is 856 g/mol. The number of sulfone groups is 1. The molecule has 17 heteroatoms. The highest BCUT2D eigenvalue weighted by Crippen LogP contribution is 2.33. The highest BCUT2D eigenvalue weighted by molar-refractivity contribution is 8.00. The van der Waals surface area contributed by atoms with Gasteiger partial charge in [0, 0.05) is 41.8 Å². The maximum atomic E-state index is 13.9. The molecule has 0 unspecified atom stereocenters. The standard InChI is InChI=1S/C43H52N8O7S2/c52-39(22-11-10-21-38-40-37(30-59-38)46-42(54)48-40)44-27-34-28-51(50-49-34)24-13-12-18-33(23-25-60(56,57)35-19-8-3-9-20-35)45-41(53)36(26-31-14-4-1-5-15-31)47-43(55)58-29-32-16-6-2-7-17-32/h1-9,14-17,19-20,23,25,28,33,36-38,40H,10-13,18,21-22,24,26-27,29-30H2,(H,44,52)(H,45,53)(H,47,55)(H2,46,48,54)/b25-23+/t33-,36-,37-,38-,40-/m0/s1. The molecule has 5 atom stereocenters. The van der Waals surface area contributed by atoms with E-state index in [1.807, 2.05) is 72.4 Å². The Balaban J connectivity index is 0.992. The number of urea groups is 1. The van der Waals surface area contributed by atoms with Gasteiger partial charge in [-0.3, -0.25) is 14.3 Å². The number of thioether (sulfide) groups is 1. The van der Waals surface area contributed by atoms with Crippen LogP contribution in [0.15, 0.2) is 114 Å². The quantitative estimate of drug-likeness (QED) is 0.0540. The summed E-state index contributed by atoms with van der Waals surface area (Å²) in [6.07, 6.45) is 7.31. The lowest BCUT2D eigenvalue weighted by atomic mass is 10.0. The summed E-state index contributed by atoms with van der Waals surface area (Å²) in [5.41, 5.74) is 2.24. The van der Waals surface area contributed by atoms with Crippen LogP contribution in [0, 0.1) is 0 Å².